The molecular weight excluding hydrogens is 437 g/mol. The van der Waals surface area contributed by atoms with Gasteiger partial charge in [-0.1, -0.05) is 13.0 Å². The number of benzene rings is 1. The lowest BCUT2D eigenvalue weighted by Gasteiger charge is -2.14. The lowest BCUT2D eigenvalue weighted by atomic mass is 9.99. The van der Waals surface area contributed by atoms with Gasteiger partial charge in [-0.2, -0.15) is 5.10 Å². The van der Waals surface area contributed by atoms with Crippen molar-refractivity contribution in [3.05, 3.63) is 41.2 Å². The van der Waals surface area contributed by atoms with E-state index in [0.29, 0.717) is 12.1 Å². The maximum Gasteiger partial charge on any atom is 0.240 e. The number of halogens is 2. The molecule has 0 aliphatic rings. The topological polar surface area (TPSA) is 119 Å². The first-order valence-corrected chi connectivity index (χ1v) is 10.2. The van der Waals surface area contributed by atoms with E-state index in [9.17, 15) is 13.2 Å². The smallest absolute Gasteiger partial charge is 0.240 e. The average molecular weight is 466 g/mol. The molecule has 1 aromatic carbocycles. The van der Waals surface area contributed by atoms with Crippen LogP contribution in [0.3, 0.4) is 0 Å². The Balaban J connectivity index is 0.00000392. The van der Waals surface area contributed by atoms with Crippen molar-refractivity contribution in [2.24, 2.45) is 18.7 Å². The fraction of sp³-hybridized carbons (Fsp3) is 0.444. The van der Waals surface area contributed by atoms with E-state index in [-0.39, 0.29) is 54.6 Å². The van der Waals surface area contributed by atoms with Gasteiger partial charge in [0.15, 0.2) is 0 Å². The van der Waals surface area contributed by atoms with Gasteiger partial charge < -0.3 is 11.1 Å². The second-order valence-electron chi connectivity index (χ2n) is 6.58. The number of anilines is 1. The van der Waals surface area contributed by atoms with Crippen molar-refractivity contribution in [2.45, 2.75) is 32.1 Å². The second-order valence-corrected chi connectivity index (χ2v) is 8.35. The number of nitrogens with zero attached hydrogens (tertiary/aromatic N) is 2. The van der Waals surface area contributed by atoms with E-state index >= 15 is 0 Å². The zero-order chi connectivity index (χ0) is 20.2. The second kappa shape index (κ2) is 11.5. The Morgan fingerprint density at radius 1 is 1.28 bits per heavy atom. The van der Waals surface area contributed by atoms with Gasteiger partial charge in [0.05, 0.1) is 10.6 Å². The van der Waals surface area contributed by atoms with Crippen LogP contribution in [0.1, 0.15) is 23.9 Å². The maximum atomic E-state index is 12.6. The van der Waals surface area contributed by atoms with Gasteiger partial charge in [0, 0.05) is 37.4 Å². The molecule has 164 valence electrons. The van der Waals surface area contributed by atoms with Crippen molar-refractivity contribution in [2.75, 3.05) is 18.4 Å². The Morgan fingerprint density at radius 2 is 1.93 bits per heavy atom. The van der Waals surface area contributed by atoms with Crippen LogP contribution in [0.5, 0.6) is 0 Å². The minimum absolute atomic E-state index is 0. The molecule has 0 fully saturated rings. The van der Waals surface area contributed by atoms with Gasteiger partial charge in [0.1, 0.15) is 0 Å². The highest BCUT2D eigenvalue weighted by molar-refractivity contribution is 7.89. The van der Waals surface area contributed by atoms with E-state index in [2.05, 4.69) is 15.1 Å². The number of carbonyl (C=O) groups is 1. The molecule has 2 aromatic rings. The quantitative estimate of drug-likeness (QED) is 0.549. The van der Waals surface area contributed by atoms with Crippen LogP contribution in [0.25, 0.3) is 0 Å². The standard InChI is InChI=1S/C18H27N5O3S.2ClH/c1-12(10-17-13(2)22-23(4)14(17)3)18(24)21-15-6-5-7-16(11-15)27(25,26)20-9-8-19;;/h5-7,11-12,20H,8-10,19H2,1-4H3,(H,21,24);2*1H. The minimum atomic E-state index is -3.65. The summed E-state index contributed by atoms with van der Waals surface area (Å²) in [7, 11) is -1.77. The summed E-state index contributed by atoms with van der Waals surface area (Å²) in [5, 5.41) is 7.17. The molecule has 0 saturated heterocycles. The Kier molecular flexibility index (Phi) is 10.9. The molecule has 1 amide bonds. The van der Waals surface area contributed by atoms with Gasteiger partial charge in [0.2, 0.25) is 15.9 Å². The normalized spacial score (nSPS) is 11.9. The summed E-state index contributed by atoms with van der Waals surface area (Å²) >= 11 is 0. The van der Waals surface area contributed by atoms with Crippen LogP contribution < -0.4 is 15.8 Å². The molecule has 0 aliphatic carbocycles. The van der Waals surface area contributed by atoms with Gasteiger partial charge in [-0.3, -0.25) is 9.48 Å². The predicted octanol–water partition coefficient (Wildman–Crippen LogP) is 1.93. The summed E-state index contributed by atoms with van der Waals surface area (Å²) in [6.07, 6.45) is 0.563. The SMILES string of the molecule is Cc1nn(C)c(C)c1CC(C)C(=O)Nc1cccc(S(=O)(=O)NCCN)c1.Cl.Cl. The Bertz CT molecular complexity index is 932. The van der Waals surface area contributed by atoms with Gasteiger partial charge in [-0.15, -0.1) is 24.8 Å². The maximum absolute atomic E-state index is 12.6. The lowest BCUT2D eigenvalue weighted by Crippen LogP contribution is -2.29. The molecule has 1 unspecified atom stereocenters. The van der Waals surface area contributed by atoms with Crippen LogP contribution in [0, 0.1) is 19.8 Å². The first kappa shape index (κ1) is 27.4. The number of hydrogen-bond acceptors (Lipinski definition) is 5. The van der Waals surface area contributed by atoms with E-state index < -0.39 is 10.0 Å². The number of hydrogen-bond donors (Lipinski definition) is 3. The summed E-state index contributed by atoms with van der Waals surface area (Å²) in [5.41, 5.74) is 8.77. The molecule has 0 radical (unpaired) electrons. The molecule has 8 nitrogen and oxygen atoms in total. The number of aromatic nitrogens is 2. The van der Waals surface area contributed by atoms with Crippen LogP contribution in [0.4, 0.5) is 5.69 Å². The van der Waals surface area contributed by atoms with E-state index in [1.54, 1.807) is 16.8 Å². The average Bonchev–Trinajstić information content (AvgIpc) is 2.86. The first-order valence-electron chi connectivity index (χ1n) is 8.75. The van der Waals surface area contributed by atoms with Crippen LogP contribution in [0.15, 0.2) is 29.2 Å². The summed E-state index contributed by atoms with van der Waals surface area (Å²) < 4.78 is 28.6. The molecule has 0 bridgehead atoms. The van der Waals surface area contributed by atoms with Crippen molar-refractivity contribution >= 4 is 46.4 Å². The predicted molar refractivity (Wildman–Crippen MR) is 119 cm³/mol. The minimum Gasteiger partial charge on any atom is -0.329 e. The highest BCUT2D eigenvalue weighted by Crippen LogP contribution is 2.20. The molecule has 1 aromatic heterocycles. The molecule has 0 saturated carbocycles. The summed E-state index contributed by atoms with van der Waals surface area (Å²) in [4.78, 5) is 12.6. The van der Waals surface area contributed by atoms with E-state index in [0.717, 1.165) is 17.0 Å². The number of sulfonamides is 1. The highest BCUT2D eigenvalue weighted by Gasteiger charge is 2.19. The van der Waals surface area contributed by atoms with Crippen LogP contribution in [-0.4, -0.2) is 37.2 Å². The molecule has 1 heterocycles. The van der Waals surface area contributed by atoms with Crippen LogP contribution >= 0.6 is 24.8 Å². The number of carbonyl (C=O) groups excluding carboxylic acids is 1. The molecule has 29 heavy (non-hydrogen) atoms. The fourth-order valence-corrected chi connectivity index (χ4v) is 3.89. The zero-order valence-electron chi connectivity index (χ0n) is 16.9. The monoisotopic (exact) mass is 465 g/mol. The third kappa shape index (κ3) is 6.97. The van der Waals surface area contributed by atoms with Crippen molar-refractivity contribution in [1.82, 2.24) is 14.5 Å². The first-order chi connectivity index (χ1) is 12.7. The molecule has 0 spiro atoms. The largest absolute Gasteiger partial charge is 0.329 e. The Labute approximate surface area is 184 Å². The van der Waals surface area contributed by atoms with Gasteiger partial charge in [0.25, 0.3) is 0 Å². The van der Waals surface area contributed by atoms with Crippen LogP contribution in [0.2, 0.25) is 0 Å². The van der Waals surface area contributed by atoms with E-state index in [1.165, 1.54) is 12.1 Å². The highest BCUT2D eigenvalue weighted by atomic mass is 35.5. The van der Waals surface area contributed by atoms with Crippen molar-refractivity contribution in [1.29, 1.82) is 0 Å². The number of rotatable bonds is 8. The van der Waals surface area contributed by atoms with Gasteiger partial charge in [-0.25, -0.2) is 13.1 Å². The summed E-state index contributed by atoms with van der Waals surface area (Å²) in [5.74, 6) is -0.468. The van der Waals surface area contributed by atoms with E-state index in [1.807, 2.05) is 27.8 Å². The van der Waals surface area contributed by atoms with E-state index in [4.69, 9.17) is 5.73 Å². The summed E-state index contributed by atoms with van der Waals surface area (Å²) in [6.45, 7) is 6.10. The molecule has 2 rings (SSSR count). The zero-order valence-corrected chi connectivity index (χ0v) is 19.4. The number of nitrogens with two attached hydrogens (primary N) is 1. The fourth-order valence-electron chi connectivity index (χ4n) is 2.79. The summed E-state index contributed by atoms with van der Waals surface area (Å²) in [6, 6.07) is 6.16. The molecule has 1 atom stereocenters. The van der Waals surface area contributed by atoms with Gasteiger partial charge >= 0.3 is 0 Å². The van der Waals surface area contributed by atoms with Crippen molar-refractivity contribution < 1.29 is 13.2 Å². The lowest BCUT2D eigenvalue weighted by molar-refractivity contribution is -0.119. The molecule has 11 heteroatoms. The van der Waals surface area contributed by atoms with Gasteiger partial charge in [-0.05, 0) is 44.0 Å². The Morgan fingerprint density at radius 3 is 2.48 bits per heavy atom. The number of nitrogens with one attached hydrogen (secondary N) is 2. The molecule has 4 N–H and O–H groups in total. The molecular formula is C18H29Cl2N5O3S. The third-order valence-electron chi connectivity index (χ3n) is 4.47. The van der Waals surface area contributed by atoms with Crippen LogP contribution in [-0.2, 0) is 28.3 Å². The Hall–Kier alpha value is -1.65. The van der Waals surface area contributed by atoms with Crippen molar-refractivity contribution in [3.8, 4) is 0 Å². The van der Waals surface area contributed by atoms with Crippen molar-refractivity contribution in [3.63, 3.8) is 0 Å². The number of aryl methyl sites for hydroxylation is 2. The third-order valence-corrected chi connectivity index (χ3v) is 5.92. The number of amides is 1. The molecule has 0 aliphatic heterocycles.